The SMILES string of the molecule is CCOC(=O)CN(C(=O)OC(C)(C)C)c1ccco1. The lowest BCUT2D eigenvalue weighted by Crippen LogP contribution is -2.40. The third-order valence-corrected chi connectivity index (χ3v) is 1.98. The molecule has 0 aliphatic carbocycles. The number of esters is 1. The van der Waals surface area contributed by atoms with Crippen molar-refractivity contribution in [1.29, 1.82) is 0 Å². The number of carbonyl (C=O) groups excluding carboxylic acids is 2. The highest BCUT2D eigenvalue weighted by molar-refractivity contribution is 5.92. The Morgan fingerprint density at radius 3 is 2.53 bits per heavy atom. The predicted molar refractivity (Wildman–Crippen MR) is 68.9 cm³/mol. The highest BCUT2D eigenvalue weighted by Gasteiger charge is 2.27. The first-order valence-corrected chi connectivity index (χ1v) is 6.03. The molecule has 0 unspecified atom stereocenters. The van der Waals surface area contributed by atoms with Gasteiger partial charge in [-0.1, -0.05) is 0 Å². The van der Waals surface area contributed by atoms with Crippen LogP contribution in [0.5, 0.6) is 0 Å². The molecule has 1 heterocycles. The maximum Gasteiger partial charge on any atom is 0.417 e. The van der Waals surface area contributed by atoms with Crippen LogP contribution in [0.1, 0.15) is 27.7 Å². The molecule has 0 aliphatic rings. The van der Waals surface area contributed by atoms with Crippen LogP contribution in [0.25, 0.3) is 0 Å². The maximum absolute atomic E-state index is 12.0. The quantitative estimate of drug-likeness (QED) is 0.786. The summed E-state index contributed by atoms with van der Waals surface area (Å²) in [6.07, 6.45) is 0.758. The summed E-state index contributed by atoms with van der Waals surface area (Å²) in [5.41, 5.74) is -0.656. The second-order valence-electron chi connectivity index (χ2n) is 4.82. The van der Waals surface area contributed by atoms with Gasteiger partial charge in [-0.25, -0.2) is 9.69 Å². The highest BCUT2D eigenvalue weighted by atomic mass is 16.6. The molecule has 1 amide bonds. The number of hydrogen-bond acceptors (Lipinski definition) is 5. The molecule has 0 spiro atoms. The average molecular weight is 269 g/mol. The summed E-state index contributed by atoms with van der Waals surface area (Å²) < 4.78 is 15.2. The zero-order chi connectivity index (χ0) is 14.5. The van der Waals surface area contributed by atoms with Crippen LogP contribution >= 0.6 is 0 Å². The first kappa shape index (κ1) is 15.1. The van der Waals surface area contributed by atoms with Gasteiger partial charge in [-0.3, -0.25) is 4.79 Å². The van der Waals surface area contributed by atoms with Crippen LogP contribution in [-0.2, 0) is 14.3 Å². The number of furan rings is 1. The van der Waals surface area contributed by atoms with Crippen molar-refractivity contribution in [3.05, 3.63) is 18.4 Å². The van der Waals surface area contributed by atoms with E-state index in [0.29, 0.717) is 0 Å². The number of carbonyl (C=O) groups is 2. The van der Waals surface area contributed by atoms with Gasteiger partial charge in [0.05, 0.1) is 12.9 Å². The number of nitrogens with zero attached hydrogens (tertiary/aromatic N) is 1. The van der Waals surface area contributed by atoms with Crippen LogP contribution in [0.15, 0.2) is 22.8 Å². The van der Waals surface area contributed by atoms with Gasteiger partial charge < -0.3 is 13.9 Å². The van der Waals surface area contributed by atoms with Crippen LogP contribution in [0.2, 0.25) is 0 Å². The van der Waals surface area contributed by atoms with Crippen molar-refractivity contribution >= 4 is 17.9 Å². The van der Waals surface area contributed by atoms with Crippen LogP contribution in [-0.4, -0.2) is 30.8 Å². The molecule has 0 saturated heterocycles. The Balaban J connectivity index is 2.81. The predicted octanol–water partition coefficient (Wildman–Crippen LogP) is 2.58. The molecule has 0 saturated carbocycles. The summed E-state index contributed by atoms with van der Waals surface area (Å²) >= 11 is 0. The van der Waals surface area contributed by atoms with E-state index >= 15 is 0 Å². The second-order valence-corrected chi connectivity index (χ2v) is 4.82. The summed E-state index contributed by atoms with van der Waals surface area (Å²) in [6.45, 7) is 6.93. The molecule has 0 atom stereocenters. The molecule has 1 aromatic rings. The van der Waals surface area contributed by atoms with Crippen molar-refractivity contribution in [3.8, 4) is 0 Å². The normalized spacial score (nSPS) is 10.9. The lowest BCUT2D eigenvalue weighted by molar-refractivity contribution is -0.141. The van der Waals surface area contributed by atoms with E-state index in [1.54, 1.807) is 39.8 Å². The van der Waals surface area contributed by atoms with E-state index in [-0.39, 0.29) is 19.0 Å². The molecule has 6 nitrogen and oxygen atoms in total. The molecule has 0 aliphatic heterocycles. The van der Waals surface area contributed by atoms with E-state index in [1.807, 2.05) is 0 Å². The summed E-state index contributed by atoms with van der Waals surface area (Å²) in [6, 6.07) is 3.20. The van der Waals surface area contributed by atoms with Gasteiger partial charge in [-0.15, -0.1) is 0 Å². The number of amides is 1. The fourth-order valence-electron chi connectivity index (χ4n) is 1.31. The van der Waals surface area contributed by atoms with Crippen molar-refractivity contribution in [3.63, 3.8) is 0 Å². The van der Waals surface area contributed by atoms with Gasteiger partial charge >= 0.3 is 12.1 Å². The summed E-state index contributed by atoms with van der Waals surface area (Å²) in [5.74, 6) is -0.285. The topological polar surface area (TPSA) is 69.0 Å². The Morgan fingerprint density at radius 1 is 1.37 bits per heavy atom. The molecule has 0 aromatic carbocycles. The van der Waals surface area contributed by atoms with Crippen LogP contribution in [0.4, 0.5) is 10.7 Å². The Labute approximate surface area is 112 Å². The van der Waals surface area contributed by atoms with Gasteiger partial charge in [-0.05, 0) is 33.8 Å². The molecule has 0 bridgehead atoms. The average Bonchev–Trinajstić information content (AvgIpc) is 2.76. The third-order valence-electron chi connectivity index (χ3n) is 1.98. The van der Waals surface area contributed by atoms with Gasteiger partial charge in [0.1, 0.15) is 12.1 Å². The lowest BCUT2D eigenvalue weighted by atomic mass is 10.2. The minimum atomic E-state index is -0.657. The van der Waals surface area contributed by atoms with E-state index in [9.17, 15) is 9.59 Å². The second kappa shape index (κ2) is 6.26. The number of rotatable bonds is 4. The lowest BCUT2D eigenvalue weighted by Gasteiger charge is -2.25. The minimum Gasteiger partial charge on any atom is -0.465 e. The van der Waals surface area contributed by atoms with E-state index in [2.05, 4.69) is 0 Å². The molecule has 6 heteroatoms. The standard InChI is InChI=1S/C13H19NO5/c1-5-17-11(15)9-14(10-7-6-8-18-10)12(16)19-13(2,3)4/h6-8H,5,9H2,1-4H3. The van der Waals surface area contributed by atoms with E-state index < -0.39 is 17.7 Å². The Morgan fingerprint density at radius 2 is 2.05 bits per heavy atom. The maximum atomic E-state index is 12.0. The van der Waals surface area contributed by atoms with Crippen molar-refractivity contribution in [1.82, 2.24) is 0 Å². The van der Waals surface area contributed by atoms with Gasteiger partial charge in [0.2, 0.25) is 5.88 Å². The smallest absolute Gasteiger partial charge is 0.417 e. The van der Waals surface area contributed by atoms with Gasteiger partial charge in [-0.2, -0.15) is 0 Å². The van der Waals surface area contributed by atoms with Crippen LogP contribution in [0.3, 0.4) is 0 Å². The Hall–Kier alpha value is -1.98. The zero-order valence-corrected chi connectivity index (χ0v) is 11.6. The highest BCUT2D eigenvalue weighted by Crippen LogP contribution is 2.18. The first-order chi connectivity index (χ1) is 8.83. The molecule has 19 heavy (non-hydrogen) atoms. The number of hydrogen-bond donors (Lipinski definition) is 0. The molecule has 1 rings (SSSR count). The molecule has 106 valence electrons. The minimum absolute atomic E-state index is 0.238. The molecule has 0 radical (unpaired) electrons. The van der Waals surface area contributed by atoms with Gasteiger partial charge in [0.15, 0.2) is 0 Å². The molecular weight excluding hydrogens is 250 g/mol. The fraction of sp³-hybridized carbons (Fsp3) is 0.538. The first-order valence-electron chi connectivity index (χ1n) is 6.03. The van der Waals surface area contributed by atoms with Crippen LogP contribution < -0.4 is 4.90 Å². The largest absolute Gasteiger partial charge is 0.465 e. The summed E-state index contributed by atoms with van der Waals surface area (Å²) in [4.78, 5) is 24.6. The van der Waals surface area contributed by atoms with Gasteiger partial charge in [0.25, 0.3) is 0 Å². The third kappa shape index (κ3) is 5.03. The monoisotopic (exact) mass is 269 g/mol. The Bertz CT molecular complexity index is 419. The van der Waals surface area contributed by atoms with E-state index in [1.165, 1.54) is 6.26 Å². The van der Waals surface area contributed by atoms with E-state index in [0.717, 1.165) is 4.90 Å². The van der Waals surface area contributed by atoms with Crippen molar-refractivity contribution in [2.75, 3.05) is 18.1 Å². The number of anilines is 1. The van der Waals surface area contributed by atoms with Crippen molar-refractivity contribution in [2.24, 2.45) is 0 Å². The zero-order valence-electron chi connectivity index (χ0n) is 11.6. The van der Waals surface area contributed by atoms with E-state index in [4.69, 9.17) is 13.9 Å². The summed E-state index contributed by atoms with van der Waals surface area (Å²) in [5, 5.41) is 0. The molecule has 0 N–H and O–H groups in total. The van der Waals surface area contributed by atoms with Crippen LogP contribution in [0, 0.1) is 0 Å². The van der Waals surface area contributed by atoms with Gasteiger partial charge in [0, 0.05) is 6.07 Å². The Kier molecular flexibility index (Phi) is 4.97. The molecule has 0 fully saturated rings. The molecular formula is C13H19NO5. The van der Waals surface area contributed by atoms with Crippen molar-refractivity contribution < 1.29 is 23.5 Å². The summed E-state index contributed by atoms with van der Waals surface area (Å²) in [7, 11) is 0. The number of ether oxygens (including phenoxy) is 2. The van der Waals surface area contributed by atoms with Crippen molar-refractivity contribution in [2.45, 2.75) is 33.3 Å². The fourth-order valence-corrected chi connectivity index (χ4v) is 1.31. The molecule has 1 aromatic heterocycles.